The maximum atomic E-state index is 4.68. The first kappa shape index (κ1) is 16.2. The highest BCUT2D eigenvalue weighted by molar-refractivity contribution is 5.14. The minimum atomic E-state index is 0.444. The van der Waals surface area contributed by atoms with Gasteiger partial charge in [0.05, 0.1) is 11.4 Å². The Morgan fingerprint density at radius 2 is 2.00 bits per heavy atom. The summed E-state index contributed by atoms with van der Waals surface area (Å²) in [5, 5.41) is 8.32. The second-order valence-corrected chi connectivity index (χ2v) is 5.47. The van der Waals surface area contributed by atoms with Crippen molar-refractivity contribution in [3.05, 3.63) is 17.5 Å². The summed E-state index contributed by atoms with van der Waals surface area (Å²) in [6, 6.07) is 2.73. The van der Waals surface area contributed by atoms with Crippen LogP contribution in [0.5, 0.6) is 0 Å². The molecule has 2 unspecified atom stereocenters. The Hall–Kier alpha value is -0.830. The summed E-state index contributed by atoms with van der Waals surface area (Å²) in [7, 11) is 0. The summed E-state index contributed by atoms with van der Waals surface area (Å²) in [6.45, 7) is 13.1. The van der Waals surface area contributed by atoms with Gasteiger partial charge in [-0.1, -0.05) is 40.5 Å². The van der Waals surface area contributed by atoms with Crippen molar-refractivity contribution in [1.82, 2.24) is 15.1 Å². The molecule has 0 aromatic carbocycles. The lowest BCUT2D eigenvalue weighted by Gasteiger charge is -2.22. The monoisotopic (exact) mass is 265 g/mol. The molecule has 3 heteroatoms. The normalized spacial score (nSPS) is 14.6. The Kier molecular flexibility index (Phi) is 7.14. The zero-order valence-electron chi connectivity index (χ0n) is 13.4. The second-order valence-electron chi connectivity index (χ2n) is 5.47. The molecule has 0 radical (unpaired) electrons. The Labute approximate surface area is 118 Å². The van der Waals surface area contributed by atoms with Crippen LogP contribution >= 0.6 is 0 Å². The van der Waals surface area contributed by atoms with E-state index < -0.39 is 0 Å². The molecule has 0 aliphatic heterocycles. The third-order valence-electron chi connectivity index (χ3n) is 3.75. The Morgan fingerprint density at radius 3 is 2.53 bits per heavy atom. The van der Waals surface area contributed by atoms with Crippen LogP contribution in [0.2, 0.25) is 0 Å². The molecule has 0 bridgehead atoms. The first-order valence-electron chi connectivity index (χ1n) is 7.96. The fourth-order valence-corrected chi connectivity index (χ4v) is 2.76. The molecule has 0 fully saturated rings. The third kappa shape index (κ3) is 4.64. The zero-order valence-corrected chi connectivity index (χ0v) is 13.4. The third-order valence-corrected chi connectivity index (χ3v) is 3.75. The highest BCUT2D eigenvalue weighted by Crippen LogP contribution is 2.25. The first-order chi connectivity index (χ1) is 9.15. The number of hydrogen-bond donors (Lipinski definition) is 1. The van der Waals surface area contributed by atoms with Gasteiger partial charge in [-0.3, -0.25) is 4.68 Å². The molecule has 3 nitrogen and oxygen atoms in total. The first-order valence-corrected chi connectivity index (χ1v) is 7.96. The predicted octanol–water partition coefficient (Wildman–Crippen LogP) is 3.94. The summed E-state index contributed by atoms with van der Waals surface area (Å²) >= 11 is 0. The molecule has 0 amide bonds. The maximum absolute atomic E-state index is 4.68. The van der Waals surface area contributed by atoms with Crippen molar-refractivity contribution >= 4 is 0 Å². The molecule has 19 heavy (non-hydrogen) atoms. The van der Waals surface area contributed by atoms with Gasteiger partial charge >= 0.3 is 0 Å². The van der Waals surface area contributed by atoms with E-state index in [1.54, 1.807) is 0 Å². The summed E-state index contributed by atoms with van der Waals surface area (Å²) in [5.41, 5.74) is 2.58. The van der Waals surface area contributed by atoms with Gasteiger partial charge in [0.25, 0.3) is 0 Å². The van der Waals surface area contributed by atoms with E-state index in [1.807, 2.05) is 0 Å². The van der Waals surface area contributed by atoms with Crippen LogP contribution in [0.1, 0.15) is 71.3 Å². The van der Waals surface area contributed by atoms with Crippen molar-refractivity contribution in [1.29, 1.82) is 0 Å². The van der Waals surface area contributed by atoms with E-state index in [9.17, 15) is 0 Å². The van der Waals surface area contributed by atoms with E-state index in [0.717, 1.165) is 25.4 Å². The summed E-state index contributed by atoms with van der Waals surface area (Å²) < 4.78 is 2.17. The van der Waals surface area contributed by atoms with Crippen LogP contribution in [-0.4, -0.2) is 16.3 Å². The van der Waals surface area contributed by atoms with Gasteiger partial charge in [0.1, 0.15) is 0 Å². The van der Waals surface area contributed by atoms with Gasteiger partial charge in [-0.15, -0.1) is 0 Å². The molecule has 0 saturated heterocycles. The topological polar surface area (TPSA) is 29.9 Å². The minimum Gasteiger partial charge on any atom is -0.309 e. The van der Waals surface area contributed by atoms with Crippen LogP contribution in [0.15, 0.2) is 6.07 Å². The summed E-state index contributed by atoms with van der Waals surface area (Å²) in [6.07, 6.45) is 4.80. The molecular formula is C16H31N3. The maximum Gasteiger partial charge on any atom is 0.0625 e. The number of aromatic nitrogens is 2. The smallest absolute Gasteiger partial charge is 0.0625 e. The van der Waals surface area contributed by atoms with Crippen molar-refractivity contribution in [3.63, 3.8) is 0 Å². The fraction of sp³-hybridized carbons (Fsp3) is 0.812. The van der Waals surface area contributed by atoms with E-state index in [2.05, 4.69) is 55.8 Å². The lowest BCUT2D eigenvalue weighted by molar-refractivity contribution is 0.377. The van der Waals surface area contributed by atoms with E-state index in [0.29, 0.717) is 6.04 Å². The van der Waals surface area contributed by atoms with Gasteiger partial charge in [0.15, 0.2) is 0 Å². The molecular weight excluding hydrogens is 234 g/mol. The summed E-state index contributed by atoms with van der Waals surface area (Å²) in [4.78, 5) is 0. The predicted molar refractivity (Wildman–Crippen MR) is 82.4 cm³/mol. The van der Waals surface area contributed by atoms with Gasteiger partial charge in [0.2, 0.25) is 0 Å². The van der Waals surface area contributed by atoms with Crippen LogP contribution in [0, 0.1) is 5.92 Å². The van der Waals surface area contributed by atoms with E-state index >= 15 is 0 Å². The zero-order chi connectivity index (χ0) is 14.3. The number of aryl methyl sites for hydroxylation is 2. The highest BCUT2D eigenvalue weighted by Gasteiger charge is 2.19. The average Bonchev–Trinajstić information content (AvgIpc) is 2.81. The SMILES string of the molecule is CCCC(C)CC(NCC)c1cc(CC)nn1CC. The number of hydrogen-bond acceptors (Lipinski definition) is 2. The quantitative estimate of drug-likeness (QED) is 0.733. The van der Waals surface area contributed by atoms with E-state index in [-0.39, 0.29) is 0 Å². The van der Waals surface area contributed by atoms with Crippen LogP contribution in [0.3, 0.4) is 0 Å². The lowest BCUT2D eigenvalue weighted by atomic mass is 9.95. The molecule has 0 spiro atoms. The molecule has 0 aliphatic carbocycles. The van der Waals surface area contributed by atoms with Crippen molar-refractivity contribution in [3.8, 4) is 0 Å². The minimum absolute atomic E-state index is 0.444. The molecule has 110 valence electrons. The van der Waals surface area contributed by atoms with Gasteiger partial charge in [0, 0.05) is 12.6 Å². The van der Waals surface area contributed by atoms with Crippen molar-refractivity contribution < 1.29 is 0 Å². The van der Waals surface area contributed by atoms with Crippen molar-refractivity contribution in [2.45, 2.75) is 72.9 Å². The van der Waals surface area contributed by atoms with Crippen LogP contribution in [0.25, 0.3) is 0 Å². The molecule has 1 heterocycles. The molecule has 2 atom stereocenters. The van der Waals surface area contributed by atoms with Crippen molar-refractivity contribution in [2.75, 3.05) is 6.54 Å². The van der Waals surface area contributed by atoms with Gasteiger partial charge < -0.3 is 5.32 Å². The standard InChI is InChI=1S/C16H31N3/c1-6-10-13(5)11-15(17-8-3)16-12-14(7-2)18-19(16)9-4/h12-13,15,17H,6-11H2,1-5H3. The van der Waals surface area contributed by atoms with E-state index in [4.69, 9.17) is 0 Å². The summed E-state index contributed by atoms with van der Waals surface area (Å²) in [5.74, 6) is 0.763. The van der Waals surface area contributed by atoms with Crippen LogP contribution < -0.4 is 5.32 Å². The molecule has 1 rings (SSSR count). The van der Waals surface area contributed by atoms with Gasteiger partial charge in [-0.05, 0) is 38.3 Å². The largest absolute Gasteiger partial charge is 0.309 e. The Balaban J connectivity index is 2.87. The molecule has 1 N–H and O–H groups in total. The fourth-order valence-electron chi connectivity index (χ4n) is 2.76. The number of rotatable bonds is 9. The number of nitrogens with one attached hydrogen (secondary N) is 1. The van der Waals surface area contributed by atoms with Gasteiger partial charge in [-0.2, -0.15) is 5.10 Å². The Bertz CT molecular complexity index is 357. The Morgan fingerprint density at radius 1 is 1.26 bits per heavy atom. The molecule has 0 saturated carbocycles. The molecule has 1 aromatic rings. The molecule has 0 aliphatic rings. The lowest BCUT2D eigenvalue weighted by Crippen LogP contribution is -2.25. The van der Waals surface area contributed by atoms with Crippen LogP contribution in [0.4, 0.5) is 0 Å². The molecule has 1 aromatic heterocycles. The number of nitrogens with zero attached hydrogens (tertiary/aromatic N) is 2. The van der Waals surface area contributed by atoms with Crippen molar-refractivity contribution in [2.24, 2.45) is 5.92 Å². The van der Waals surface area contributed by atoms with Gasteiger partial charge in [-0.25, -0.2) is 0 Å². The average molecular weight is 265 g/mol. The van der Waals surface area contributed by atoms with E-state index in [1.165, 1.54) is 30.7 Å². The second kappa shape index (κ2) is 8.36. The highest BCUT2D eigenvalue weighted by atomic mass is 15.3. The van der Waals surface area contributed by atoms with Crippen LogP contribution in [-0.2, 0) is 13.0 Å².